The third kappa shape index (κ3) is 7.12. The summed E-state index contributed by atoms with van der Waals surface area (Å²) in [4.78, 5) is 8.94. The number of hydrogen-bond acceptors (Lipinski definition) is 6. The van der Waals surface area contributed by atoms with Gasteiger partial charge in [0, 0.05) is 24.8 Å². The standard InChI is InChI=1S/C21H30N4O4.HI/c1-6-22-21(25-14-16-9-8-10-23-20(16)29-7-2)24-13-15-11-17(26-3)19(28-5)18(12-15)27-4;/h8-12H,6-7,13-14H2,1-5H3,(H2,22,24,25);1H. The van der Waals surface area contributed by atoms with Crippen LogP contribution in [0, 0.1) is 0 Å². The molecule has 0 amide bonds. The van der Waals surface area contributed by atoms with Crippen molar-refractivity contribution < 1.29 is 18.9 Å². The number of rotatable bonds is 10. The zero-order valence-corrected chi connectivity index (χ0v) is 20.5. The van der Waals surface area contributed by atoms with Crippen molar-refractivity contribution in [1.82, 2.24) is 15.6 Å². The van der Waals surface area contributed by atoms with Crippen molar-refractivity contribution in [3.63, 3.8) is 0 Å². The Morgan fingerprint density at radius 3 is 2.30 bits per heavy atom. The normalized spacial score (nSPS) is 10.6. The van der Waals surface area contributed by atoms with Gasteiger partial charge in [0.25, 0.3) is 0 Å². The van der Waals surface area contributed by atoms with Gasteiger partial charge in [-0.15, -0.1) is 24.0 Å². The van der Waals surface area contributed by atoms with E-state index in [-0.39, 0.29) is 24.0 Å². The van der Waals surface area contributed by atoms with Gasteiger partial charge < -0.3 is 29.6 Å². The highest BCUT2D eigenvalue weighted by Crippen LogP contribution is 2.38. The molecular weight excluding hydrogens is 499 g/mol. The van der Waals surface area contributed by atoms with Crippen molar-refractivity contribution >= 4 is 29.9 Å². The van der Waals surface area contributed by atoms with Gasteiger partial charge in [-0.05, 0) is 37.6 Å². The molecule has 0 spiro atoms. The molecule has 8 nitrogen and oxygen atoms in total. The highest BCUT2D eigenvalue weighted by molar-refractivity contribution is 14.0. The molecule has 1 aromatic heterocycles. The third-order valence-corrected chi connectivity index (χ3v) is 4.07. The first-order valence-corrected chi connectivity index (χ1v) is 9.54. The smallest absolute Gasteiger partial charge is 0.218 e. The van der Waals surface area contributed by atoms with Crippen LogP contribution in [0.2, 0.25) is 0 Å². The van der Waals surface area contributed by atoms with Gasteiger partial charge in [-0.1, -0.05) is 6.07 Å². The van der Waals surface area contributed by atoms with Crippen molar-refractivity contribution in [2.75, 3.05) is 34.5 Å². The maximum absolute atomic E-state index is 5.58. The summed E-state index contributed by atoms with van der Waals surface area (Å²) in [6, 6.07) is 7.65. The molecule has 0 aliphatic heterocycles. The molecule has 2 N–H and O–H groups in total. The lowest BCUT2D eigenvalue weighted by atomic mass is 10.2. The minimum Gasteiger partial charge on any atom is -0.493 e. The number of methoxy groups -OCH3 is 3. The van der Waals surface area contributed by atoms with Crippen LogP contribution in [0.15, 0.2) is 35.5 Å². The Morgan fingerprint density at radius 2 is 1.73 bits per heavy atom. The summed E-state index contributed by atoms with van der Waals surface area (Å²) >= 11 is 0. The summed E-state index contributed by atoms with van der Waals surface area (Å²) in [5.74, 6) is 3.08. The molecule has 2 aromatic rings. The van der Waals surface area contributed by atoms with E-state index in [2.05, 4.69) is 20.6 Å². The number of hydrogen-bond donors (Lipinski definition) is 2. The van der Waals surface area contributed by atoms with Crippen LogP contribution in [-0.4, -0.2) is 45.4 Å². The number of guanidine groups is 1. The van der Waals surface area contributed by atoms with E-state index in [9.17, 15) is 0 Å². The lowest BCUT2D eigenvalue weighted by Gasteiger charge is -2.15. The molecule has 2 rings (SSSR count). The number of nitrogens with one attached hydrogen (secondary N) is 2. The molecular formula is C21H31IN4O4. The largest absolute Gasteiger partial charge is 0.493 e. The molecule has 0 radical (unpaired) electrons. The van der Waals surface area contributed by atoms with E-state index in [1.54, 1.807) is 27.5 Å². The third-order valence-electron chi connectivity index (χ3n) is 4.07. The lowest BCUT2D eigenvalue weighted by molar-refractivity contribution is 0.322. The number of halogens is 1. The van der Waals surface area contributed by atoms with Crippen LogP contribution in [-0.2, 0) is 13.1 Å². The first-order valence-electron chi connectivity index (χ1n) is 9.54. The molecule has 0 aliphatic carbocycles. The average molecular weight is 530 g/mol. The maximum atomic E-state index is 5.58. The van der Waals surface area contributed by atoms with Crippen molar-refractivity contribution in [3.8, 4) is 23.1 Å². The first-order chi connectivity index (χ1) is 14.2. The topological polar surface area (TPSA) is 86.2 Å². The van der Waals surface area contributed by atoms with Gasteiger partial charge in [-0.2, -0.15) is 0 Å². The van der Waals surface area contributed by atoms with Crippen LogP contribution in [0.5, 0.6) is 23.1 Å². The summed E-state index contributed by atoms with van der Waals surface area (Å²) in [7, 11) is 4.78. The Hall–Kier alpha value is -2.43. The Balaban J connectivity index is 0.00000450. The molecule has 0 bridgehead atoms. The molecule has 30 heavy (non-hydrogen) atoms. The van der Waals surface area contributed by atoms with Crippen molar-refractivity contribution in [2.24, 2.45) is 4.99 Å². The minimum atomic E-state index is 0. The van der Waals surface area contributed by atoms with E-state index in [1.807, 2.05) is 38.1 Å². The van der Waals surface area contributed by atoms with Gasteiger partial charge in [0.05, 0.1) is 34.5 Å². The van der Waals surface area contributed by atoms with Crippen molar-refractivity contribution in [2.45, 2.75) is 26.9 Å². The van der Waals surface area contributed by atoms with Crippen molar-refractivity contribution in [3.05, 3.63) is 41.6 Å². The van der Waals surface area contributed by atoms with Gasteiger partial charge in [-0.3, -0.25) is 0 Å². The number of ether oxygens (including phenoxy) is 4. The van der Waals surface area contributed by atoms with Crippen LogP contribution in [0.4, 0.5) is 0 Å². The maximum Gasteiger partial charge on any atom is 0.218 e. The fourth-order valence-electron chi connectivity index (χ4n) is 2.74. The van der Waals surface area contributed by atoms with E-state index in [0.29, 0.717) is 48.8 Å². The second-order valence-corrected chi connectivity index (χ2v) is 5.98. The number of nitrogens with zero attached hydrogens (tertiary/aromatic N) is 2. The van der Waals surface area contributed by atoms with Crippen LogP contribution in [0.1, 0.15) is 25.0 Å². The fourth-order valence-corrected chi connectivity index (χ4v) is 2.74. The Labute approximate surface area is 195 Å². The molecule has 0 saturated heterocycles. The highest BCUT2D eigenvalue weighted by Gasteiger charge is 2.13. The van der Waals surface area contributed by atoms with Crippen LogP contribution in [0.25, 0.3) is 0 Å². The van der Waals surface area contributed by atoms with E-state index >= 15 is 0 Å². The van der Waals surface area contributed by atoms with Gasteiger partial charge >= 0.3 is 0 Å². The summed E-state index contributed by atoms with van der Waals surface area (Å²) in [6.07, 6.45) is 1.72. The van der Waals surface area contributed by atoms with Crippen molar-refractivity contribution in [1.29, 1.82) is 0 Å². The van der Waals surface area contributed by atoms with Crippen LogP contribution >= 0.6 is 24.0 Å². The first kappa shape index (κ1) is 25.6. The van der Waals surface area contributed by atoms with E-state index < -0.39 is 0 Å². The van der Waals surface area contributed by atoms with Crippen LogP contribution < -0.4 is 29.6 Å². The molecule has 1 aromatic carbocycles. The van der Waals surface area contributed by atoms with Crippen LogP contribution in [0.3, 0.4) is 0 Å². The SMILES string of the molecule is CCNC(=NCc1cc(OC)c(OC)c(OC)c1)NCc1cccnc1OCC.I. The molecule has 0 saturated carbocycles. The number of pyridine rings is 1. The molecule has 0 atom stereocenters. The van der Waals surface area contributed by atoms with E-state index in [1.165, 1.54) is 0 Å². The second kappa shape index (κ2) is 13.7. The fraction of sp³-hybridized carbons (Fsp3) is 0.429. The predicted molar refractivity (Wildman–Crippen MR) is 129 cm³/mol. The Morgan fingerprint density at radius 1 is 1.03 bits per heavy atom. The monoisotopic (exact) mass is 530 g/mol. The molecule has 166 valence electrons. The molecule has 9 heteroatoms. The minimum absolute atomic E-state index is 0. The molecule has 0 fully saturated rings. The quantitative estimate of drug-likeness (QED) is 0.277. The average Bonchev–Trinajstić information content (AvgIpc) is 2.75. The summed E-state index contributed by atoms with van der Waals surface area (Å²) in [5.41, 5.74) is 1.90. The number of aromatic nitrogens is 1. The van der Waals surface area contributed by atoms with Gasteiger partial charge in [0.15, 0.2) is 17.5 Å². The Kier molecular flexibility index (Phi) is 11.7. The predicted octanol–water partition coefficient (Wildman–Crippen LogP) is 3.38. The summed E-state index contributed by atoms with van der Waals surface area (Å²) in [5, 5.41) is 6.56. The lowest BCUT2D eigenvalue weighted by Crippen LogP contribution is -2.36. The van der Waals surface area contributed by atoms with E-state index in [4.69, 9.17) is 18.9 Å². The zero-order chi connectivity index (χ0) is 21.1. The summed E-state index contributed by atoms with van der Waals surface area (Å²) < 4.78 is 21.8. The second-order valence-electron chi connectivity index (χ2n) is 5.98. The number of benzene rings is 1. The highest BCUT2D eigenvalue weighted by atomic mass is 127. The molecule has 0 unspecified atom stereocenters. The van der Waals surface area contributed by atoms with Gasteiger partial charge in [0.1, 0.15) is 0 Å². The Bertz CT molecular complexity index is 792. The summed E-state index contributed by atoms with van der Waals surface area (Å²) in [6.45, 7) is 6.26. The van der Waals surface area contributed by atoms with E-state index in [0.717, 1.165) is 17.7 Å². The molecule has 0 aliphatic rings. The zero-order valence-electron chi connectivity index (χ0n) is 18.2. The molecule has 1 heterocycles. The van der Waals surface area contributed by atoms with Gasteiger partial charge in [-0.25, -0.2) is 9.98 Å². The van der Waals surface area contributed by atoms with Gasteiger partial charge in [0.2, 0.25) is 11.6 Å². The number of aliphatic imine (C=N–C) groups is 1.